The van der Waals surface area contributed by atoms with E-state index in [1.54, 1.807) is 18.5 Å². The number of hydrogen-bond acceptors (Lipinski definition) is 4. The number of halogens is 2. The summed E-state index contributed by atoms with van der Waals surface area (Å²) in [6.45, 7) is 7.20. The van der Waals surface area contributed by atoms with Gasteiger partial charge in [0.05, 0.1) is 22.2 Å². The number of ether oxygens (including phenoxy) is 2. The highest BCUT2D eigenvalue weighted by molar-refractivity contribution is 9.10. The predicted octanol–water partition coefficient (Wildman–Crippen LogP) is 5.26. The summed E-state index contributed by atoms with van der Waals surface area (Å²) in [7, 11) is 1.97. The fourth-order valence-electron chi connectivity index (χ4n) is 1.97. The van der Waals surface area contributed by atoms with Crippen LogP contribution in [0.5, 0.6) is 11.6 Å². The summed E-state index contributed by atoms with van der Waals surface area (Å²) >= 11 is 9.38. The van der Waals surface area contributed by atoms with Crippen molar-refractivity contribution >= 4 is 39.6 Å². The largest absolute Gasteiger partial charge is 0.490 e. The first kappa shape index (κ1) is 20.5. The summed E-state index contributed by atoms with van der Waals surface area (Å²) < 4.78 is 12.4. The summed E-state index contributed by atoms with van der Waals surface area (Å²) in [6.07, 6.45) is 1.62. The van der Waals surface area contributed by atoms with E-state index < -0.39 is 0 Å². The molecule has 1 atom stereocenters. The monoisotopic (exact) mass is 439 g/mol. The topological polar surface area (TPSA) is 47.0 Å². The molecule has 140 valence electrons. The molecule has 0 aliphatic carbocycles. The molecule has 0 saturated heterocycles. The Labute approximate surface area is 168 Å². The van der Waals surface area contributed by atoms with Crippen molar-refractivity contribution in [2.75, 3.05) is 20.2 Å². The molecule has 1 heterocycles. The van der Waals surface area contributed by atoms with Crippen LogP contribution in [0.1, 0.15) is 19.5 Å². The zero-order chi connectivity index (χ0) is 19.1. The van der Waals surface area contributed by atoms with Gasteiger partial charge in [-0.3, -0.25) is 0 Å². The molecule has 1 aromatic carbocycles. The van der Waals surface area contributed by atoms with Gasteiger partial charge in [-0.05, 0) is 67.0 Å². The maximum atomic E-state index is 5.90. The Hall–Kier alpha value is -1.79. The Kier molecular flexibility index (Phi) is 7.72. The second kappa shape index (κ2) is 9.78. The van der Waals surface area contributed by atoms with Crippen LogP contribution in [0.2, 0.25) is 5.02 Å². The van der Waals surface area contributed by atoms with Crippen molar-refractivity contribution in [3.63, 3.8) is 0 Å². The van der Waals surface area contributed by atoms with Crippen molar-refractivity contribution < 1.29 is 9.47 Å². The Morgan fingerprint density at radius 2 is 2.04 bits per heavy atom. The maximum Gasteiger partial charge on any atom is 0.228 e. The number of aryl methyl sites for hydroxylation is 1. The molecule has 0 N–H and O–H groups in total. The van der Waals surface area contributed by atoms with Crippen LogP contribution in [0.3, 0.4) is 0 Å². The normalized spacial score (nSPS) is 12.2. The summed E-state index contributed by atoms with van der Waals surface area (Å²) in [5.41, 5.74) is 1.60. The van der Waals surface area contributed by atoms with Crippen molar-refractivity contribution in [2.45, 2.75) is 26.9 Å². The summed E-state index contributed by atoms with van der Waals surface area (Å²) in [4.78, 5) is 11.0. The molecule has 0 saturated carbocycles. The fraction of sp³-hybridized carbons (Fsp3) is 0.368. The molecule has 0 bridgehead atoms. The molecule has 26 heavy (non-hydrogen) atoms. The molecular weight excluding hydrogens is 418 g/mol. The highest BCUT2D eigenvalue weighted by atomic mass is 79.9. The van der Waals surface area contributed by atoms with Gasteiger partial charge in [0.15, 0.2) is 0 Å². The average molecular weight is 441 g/mol. The van der Waals surface area contributed by atoms with E-state index >= 15 is 0 Å². The third kappa shape index (κ3) is 6.18. The molecule has 2 aromatic rings. The van der Waals surface area contributed by atoms with E-state index in [-0.39, 0.29) is 6.10 Å². The van der Waals surface area contributed by atoms with Crippen LogP contribution in [0, 0.1) is 6.92 Å². The molecule has 0 amide bonds. The van der Waals surface area contributed by atoms with Crippen LogP contribution >= 0.6 is 27.5 Å². The number of aromatic nitrogens is 1. The van der Waals surface area contributed by atoms with Crippen LogP contribution in [-0.2, 0) is 0 Å². The molecule has 1 aromatic heterocycles. The van der Waals surface area contributed by atoms with Gasteiger partial charge in [-0.15, -0.1) is 0 Å². The van der Waals surface area contributed by atoms with Gasteiger partial charge in [-0.25, -0.2) is 9.98 Å². The van der Waals surface area contributed by atoms with E-state index in [9.17, 15) is 0 Å². The van der Waals surface area contributed by atoms with Gasteiger partial charge in [0.25, 0.3) is 0 Å². The molecular formula is C19H23BrClN3O2. The van der Waals surface area contributed by atoms with Crippen LogP contribution in [0.25, 0.3) is 0 Å². The number of benzene rings is 1. The van der Waals surface area contributed by atoms with Crippen molar-refractivity contribution in [2.24, 2.45) is 4.99 Å². The average Bonchev–Trinajstić information content (AvgIpc) is 2.62. The molecule has 0 fully saturated rings. The van der Waals surface area contributed by atoms with Gasteiger partial charge >= 0.3 is 0 Å². The molecule has 0 aliphatic rings. The number of pyridine rings is 1. The smallest absolute Gasteiger partial charge is 0.228 e. The van der Waals surface area contributed by atoms with Crippen LogP contribution < -0.4 is 9.47 Å². The predicted molar refractivity (Wildman–Crippen MR) is 110 cm³/mol. The lowest BCUT2D eigenvalue weighted by Crippen LogP contribution is -2.21. The first-order valence-electron chi connectivity index (χ1n) is 8.35. The number of aliphatic imine (C=N–C) groups is 1. The Bertz CT molecular complexity index is 753. The first-order valence-corrected chi connectivity index (χ1v) is 9.52. The zero-order valence-corrected chi connectivity index (χ0v) is 17.7. The lowest BCUT2D eigenvalue weighted by Gasteiger charge is -2.17. The molecule has 0 radical (unpaired) electrons. The molecule has 0 aliphatic heterocycles. The van der Waals surface area contributed by atoms with Gasteiger partial charge in [0.2, 0.25) is 5.88 Å². The number of hydrogen-bond donors (Lipinski definition) is 0. The summed E-state index contributed by atoms with van der Waals surface area (Å²) in [5.74, 6) is 1.27. The lowest BCUT2D eigenvalue weighted by molar-refractivity contribution is 0.137. The van der Waals surface area contributed by atoms with E-state index in [4.69, 9.17) is 21.1 Å². The van der Waals surface area contributed by atoms with Gasteiger partial charge < -0.3 is 14.4 Å². The molecule has 5 nitrogen and oxygen atoms in total. The van der Waals surface area contributed by atoms with Crippen LogP contribution in [-0.4, -0.2) is 42.5 Å². The third-order valence-corrected chi connectivity index (χ3v) is 4.43. The molecule has 7 heteroatoms. The minimum absolute atomic E-state index is 0.172. The van der Waals surface area contributed by atoms with E-state index in [2.05, 4.69) is 32.8 Å². The SMILES string of the molecule is CCN(C)C=Nc1cc(Br)c(OC(C)COc2ccc(Cl)cc2)nc1C. The van der Waals surface area contributed by atoms with Crippen LogP contribution in [0.4, 0.5) is 5.69 Å². The van der Waals surface area contributed by atoms with Gasteiger partial charge in [-0.1, -0.05) is 11.6 Å². The Morgan fingerprint density at radius 1 is 1.35 bits per heavy atom. The van der Waals surface area contributed by atoms with Crippen molar-refractivity contribution in [1.29, 1.82) is 0 Å². The second-order valence-corrected chi connectivity index (χ2v) is 7.18. The molecule has 0 spiro atoms. The van der Waals surface area contributed by atoms with Gasteiger partial charge in [0, 0.05) is 18.6 Å². The van der Waals surface area contributed by atoms with Crippen LogP contribution in [0.15, 0.2) is 39.8 Å². The highest BCUT2D eigenvalue weighted by Gasteiger charge is 2.12. The maximum absolute atomic E-state index is 5.90. The fourth-order valence-corrected chi connectivity index (χ4v) is 2.50. The standard InChI is InChI=1S/C19H23BrClN3O2/c1-5-24(4)12-22-18-10-17(20)19(23-14(18)3)26-13(2)11-25-16-8-6-15(21)7-9-16/h6-10,12-13H,5,11H2,1-4H3. The third-order valence-electron chi connectivity index (χ3n) is 3.61. The summed E-state index contributed by atoms with van der Waals surface area (Å²) in [6, 6.07) is 9.14. The molecule has 2 rings (SSSR count). The molecule has 1 unspecified atom stereocenters. The van der Waals surface area contributed by atoms with Gasteiger partial charge in [0.1, 0.15) is 18.5 Å². The highest BCUT2D eigenvalue weighted by Crippen LogP contribution is 2.30. The second-order valence-electron chi connectivity index (χ2n) is 5.89. The Balaban J connectivity index is 1.98. The van der Waals surface area contributed by atoms with E-state index in [0.717, 1.165) is 28.1 Å². The minimum atomic E-state index is -0.172. The quantitative estimate of drug-likeness (QED) is 0.415. The van der Waals surface area contributed by atoms with E-state index in [1.165, 1.54) is 0 Å². The van der Waals surface area contributed by atoms with Crippen molar-refractivity contribution in [3.8, 4) is 11.6 Å². The van der Waals surface area contributed by atoms with Gasteiger partial charge in [-0.2, -0.15) is 0 Å². The number of nitrogens with zero attached hydrogens (tertiary/aromatic N) is 3. The van der Waals surface area contributed by atoms with E-state index in [1.807, 2.05) is 44.0 Å². The lowest BCUT2D eigenvalue weighted by atomic mass is 10.3. The van der Waals surface area contributed by atoms with Crippen molar-refractivity contribution in [3.05, 3.63) is 45.5 Å². The Morgan fingerprint density at radius 3 is 2.69 bits per heavy atom. The number of rotatable bonds is 8. The first-order chi connectivity index (χ1) is 12.4. The summed E-state index contributed by atoms with van der Waals surface area (Å²) in [5, 5.41) is 0.679. The van der Waals surface area contributed by atoms with E-state index in [0.29, 0.717) is 17.5 Å². The minimum Gasteiger partial charge on any atom is -0.490 e. The van der Waals surface area contributed by atoms with Crippen molar-refractivity contribution in [1.82, 2.24) is 9.88 Å². The zero-order valence-electron chi connectivity index (χ0n) is 15.4.